The second-order valence-electron chi connectivity index (χ2n) is 4.34. The summed E-state index contributed by atoms with van der Waals surface area (Å²) in [6.07, 6.45) is 0.345. The average Bonchev–Trinajstić information content (AvgIpc) is 2.43. The first-order valence-corrected chi connectivity index (χ1v) is 7.64. The zero-order valence-electron chi connectivity index (χ0n) is 12.5. The number of carbonyl (C=O) groups excluding carboxylic acids is 1. The SMILES string of the molecule is CCOc1cc(Br)c(CC(=O)N(C)CC)cc1OCC. The van der Waals surface area contributed by atoms with Gasteiger partial charge in [0.2, 0.25) is 5.91 Å². The molecule has 1 aromatic carbocycles. The summed E-state index contributed by atoms with van der Waals surface area (Å²) in [7, 11) is 1.80. The van der Waals surface area contributed by atoms with Gasteiger partial charge in [0.1, 0.15) is 0 Å². The zero-order chi connectivity index (χ0) is 15.1. The molecule has 0 spiro atoms. The molecule has 0 radical (unpaired) electrons. The van der Waals surface area contributed by atoms with Gasteiger partial charge in [0, 0.05) is 18.1 Å². The monoisotopic (exact) mass is 343 g/mol. The number of amides is 1. The highest BCUT2D eigenvalue weighted by atomic mass is 79.9. The molecule has 0 atom stereocenters. The molecular weight excluding hydrogens is 322 g/mol. The van der Waals surface area contributed by atoms with Crippen LogP contribution in [0.4, 0.5) is 0 Å². The highest BCUT2D eigenvalue weighted by Crippen LogP contribution is 2.34. The van der Waals surface area contributed by atoms with Gasteiger partial charge in [0.25, 0.3) is 0 Å². The lowest BCUT2D eigenvalue weighted by Crippen LogP contribution is -2.27. The maximum atomic E-state index is 12.0. The minimum atomic E-state index is 0.0832. The largest absolute Gasteiger partial charge is 0.490 e. The number of likely N-dealkylation sites (N-methyl/N-ethyl adjacent to an activating group) is 1. The second kappa shape index (κ2) is 8.15. The van der Waals surface area contributed by atoms with Crippen LogP contribution in [0.2, 0.25) is 0 Å². The van der Waals surface area contributed by atoms with E-state index in [1.807, 2.05) is 32.9 Å². The lowest BCUT2D eigenvalue weighted by Gasteiger charge is -2.17. The molecule has 0 saturated carbocycles. The summed E-state index contributed by atoms with van der Waals surface area (Å²) in [6.45, 7) is 7.64. The number of rotatable bonds is 7. The van der Waals surface area contributed by atoms with Crippen LogP contribution in [0.15, 0.2) is 16.6 Å². The molecule has 0 N–H and O–H groups in total. The van der Waals surface area contributed by atoms with Gasteiger partial charge in [-0.3, -0.25) is 4.79 Å². The van der Waals surface area contributed by atoms with Gasteiger partial charge in [-0.2, -0.15) is 0 Å². The van der Waals surface area contributed by atoms with Gasteiger partial charge < -0.3 is 14.4 Å². The van der Waals surface area contributed by atoms with Crippen LogP contribution in [0.25, 0.3) is 0 Å². The van der Waals surface area contributed by atoms with E-state index in [9.17, 15) is 4.79 Å². The standard InChI is InChI=1S/C15H22BrNO3/c1-5-17(4)15(18)9-11-8-13(19-6-2)14(20-7-3)10-12(11)16/h8,10H,5-7,9H2,1-4H3. The van der Waals surface area contributed by atoms with Gasteiger partial charge in [-0.05, 0) is 38.5 Å². The molecule has 0 aliphatic heterocycles. The van der Waals surface area contributed by atoms with Gasteiger partial charge >= 0.3 is 0 Å². The van der Waals surface area contributed by atoms with E-state index in [4.69, 9.17) is 9.47 Å². The first kappa shape index (κ1) is 16.8. The number of carbonyl (C=O) groups is 1. The summed E-state index contributed by atoms with van der Waals surface area (Å²) in [5.41, 5.74) is 0.905. The van der Waals surface area contributed by atoms with Gasteiger partial charge in [0.15, 0.2) is 11.5 Å². The molecule has 1 amide bonds. The molecule has 0 saturated heterocycles. The molecule has 1 rings (SSSR count). The molecule has 1 aromatic rings. The van der Waals surface area contributed by atoms with Crippen LogP contribution in [-0.2, 0) is 11.2 Å². The zero-order valence-corrected chi connectivity index (χ0v) is 14.1. The Kier molecular flexibility index (Phi) is 6.85. The van der Waals surface area contributed by atoms with Gasteiger partial charge in [-0.15, -0.1) is 0 Å². The molecule has 0 fully saturated rings. The number of hydrogen-bond donors (Lipinski definition) is 0. The Morgan fingerprint density at radius 3 is 2.20 bits per heavy atom. The van der Waals surface area contributed by atoms with E-state index in [1.165, 1.54) is 0 Å². The van der Waals surface area contributed by atoms with E-state index in [0.717, 1.165) is 10.0 Å². The third-order valence-corrected chi connectivity index (χ3v) is 3.69. The number of halogens is 1. The third-order valence-electron chi connectivity index (χ3n) is 2.95. The van der Waals surface area contributed by atoms with Crippen molar-refractivity contribution in [3.63, 3.8) is 0 Å². The maximum Gasteiger partial charge on any atom is 0.226 e. The number of hydrogen-bond acceptors (Lipinski definition) is 3. The molecule has 5 heteroatoms. The van der Waals surface area contributed by atoms with Crippen LogP contribution >= 0.6 is 15.9 Å². The Morgan fingerprint density at radius 2 is 1.70 bits per heavy atom. The molecule has 0 aliphatic rings. The molecule has 0 aliphatic carbocycles. The Balaban J connectivity index is 3.02. The first-order chi connectivity index (χ1) is 9.53. The van der Waals surface area contributed by atoms with Gasteiger partial charge in [0.05, 0.1) is 19.6 Å². The summed E-state index contributed by atoms with van der Waals surface area (Å²) in [4.78, 5) is 13.7. The minimum absolute atomic E-state index is 0.0832. The van der Waals surface area contributed by atoms with E-state index in [1.54, 1.807) is 11.9 Å². The average molecular weight is 344 g/mol. The Morgan fingerprint density at radius 1 is 1.15 bits per heavy atom. The fourth-order valence-corrected chi connectivity index (χ4v) is 2.19. The Hall–Kier alpha value is -1.23. The smallest absolute Gasteiger partial charge is 0.226 e. The molecule has 0 aromatic heterocycles. The summed E-state index contributed by atoms with van der Waals surface area (Å²) < 4.78 is 12.0. The highest BCUT2D eigenvalue weighted by molar-refractivity contribution is 9.10. The predicted molar refractivity (Wildman–Crippen MR) is 83.5 cm³/mol. The summed E-state index contributed by atoms with van der Waals surface area (Å²) in [5, 5.41) is 0. The van der Waals surface area contributed by atoms with Crippen molar-refractivity contribution in [2.75, 3.05) is 26.8 Å². The second-order valence-corrected chi connectivity index (χ2v) is 5.20. The fourth-order valence-electron chi connectivity index (χ4n) is 1.72. The van der Waals surface area contributed by atoms with Gasteiger partial charge in [-0.25, -0.2) is 0 Å². The molecule has 0 unspecified atom stereocenters. The van der Waals surface area contributed by atoms with Crippen LogP contribution in [0, 0.1) is 0 Å². The maximum absolute atomic E-state index is 12.0. The first-order valence-electron chi connectivity index (χ1n) is 6.85. The number of nitrogens with zero attached hydrogens (tertiary/aromatic N) is 1. The topological polar surface area (TPSA) is 38.8 Å². The fraction of sp³-hybridized carbons (Fsp3) is 0.533. The highest BCUT2D eigenvalue weighted by Gasteiger charge is 2.15. The van der Waals surface area contributed by atoms with E-state index in [-0.39, 0.29) is 5.91 Å². The van der Waals surface area contributed by atoms with Crippen molar-refractivity contribution in [2.45, 2.75) is 27.2 Å². The van der Waals surface area contributed by atoms with Crippen LogP contribution < -0.4 is 9.47 Å². The van der Waals surface area contributed by atoms with Crippen LogP contribution in [-0.4, -0.2) is 37.6 Å². The molecule has 0 heterocycles. The minimum Gasteiger partial charge on any atom is -0.490 e. The number of benzene rings is 1. The summed E-state index contributed by atoms with van der Waals surface area (Å²) in [6, 6.07) is 3.74. The van der Waals surface area contributed by atoms with Crippen molar-refractivity contribution in [1.82, 2.24) is 4.90 Å². The quantitative estimate of drug-likeness (QED) is 0.762. The van der Waals surface area contributed by atoms with Crippen LogP contribution in [0.5, 0.6) is 11.5 Å². The van der Waals surface area contributed by atoms with Crippen molar-refractivity contribution < 1.29 is 14.3 Å². The molecule has 4 nitrogen and oxygen atoms in total. The van der Waals surface area contributed by atoms with E-state index < -0.39 is 0 Å². The van der Waals surface area contributed by atoms with Crippen molar-refractivity contribution >= 4 is 21.8 Å². The number of ether oxygens (including phenoxy) is 2. The normalized spacial score (nSPS) is 10.2. The molecule has 20 heavy (non-hydrogen) atoms. The van der Waals surface area contributed by atoms with Crippen LogP contribution in [0.1, 0.15) is 26.3 Å². The Labute approximate surface area is 129 Å². The predicted octanol–water partition coefficient (Wildman–Crippen LogP) is 3.27. The summed E-state index contributed by atoms with van der Waals surface area (Å²) >= 11 is 3.50. The van der Waals surface area contributed by atoms with Crippen LogP contribution in [0.3, 0.4) is 0 Å². The van der Waals surface area contributed by atoms with Crippen molar-refractivity contribution in [3.8, 4) is 11.5 Å². The van der Waals surface area contributed by atoms with Crippen molar-refractivity contribution in [1.29, 1.82) is 0 Å². The van der Waals surface area contributed by atoms with Crippen molar-refractivity contribution in [2.24, 2.45) is 0 Å². The van der Waals surface area contributed by atoms with Gasteiger partial charge in [-0.1, -0.05) is 15.9 Å². The molecule has 0 bridgehead atoms. The van der Waals surface area contributed by atoms with E-state index in [2.05, 4.69) is 15.9 Å². The Bertz CT molecular complexity index is 463. The summed E-state index contributed by atoms with van der Waals surface area (Å²) in [5.74, 6) is 1.46. The van der Waals surface area contributed by atoms with E-state index in [0.29, 0.717) is 37.7 Å². The lowest BCUT2D eigenvalue weighted by atomic mass is 10.1. The molecule has 112 valence electrons. The lowest BCUT2D eigenvalue weighted by molar-refractivity contribution is -0.128. The van der Waals surface area contributed by atoms with Crippen molar-refractivity contribution in [3.05, 3.63) is 22.2 Å². The molecular formula is C15H22BrNO3. The third kappa shape index (κ3) is 4.40. The van der Waals surface area contributed by atoms with E-state index >= 15 is 0 Å².